The molecule has 1 aromatic carbocycles. The Hall–Kier alpha value is -2.63. The lowest BCUT2D eigenvalue weighted by Crippen LogP contribution is -2.36. The Bertz CT molecular complexity index is 734. The number of H-pyrrole nitrogens is 1. The quantitative estimate of drug-likeness (QED) is 0.829. The predicted octanol–water partition coefficient (Wildman–Crippen LogP) is 0.847. The number of nitrogens with zero attached hydrogens (tertiary/aromatic N) is 1. The zero-order valence-corrected chi connectivity index (χ0v) is 12.4. The molecule has 22 heavy (non-hydrogen) atoms. The number of rotatable bonds is 6. The minimum absolute atomic E-state index is 0.110. The maximum atomic E-state index is 11.9. The van der Waals surface area contributed by atoms with Crippen molar-refractivity contribution in [1.82, 2.24) is 14.9 Å². The normalized spacial score (nSPS) is 11.9. The highest BCUT2D eigenvalue weighted by Crippen LogP contribution is 2.17. The van der Waals surface area contributed by atoms with Crippen molar-refractivity contribution < 1.29 is 4.79 Å². The monoisotopic (exact) mass is 301 g/mol. The Kier molecular flexibility index (Phi) is 5.30. The first-order valence-corrected chi connectivity index (χ1v) is 7.21. The summed E-state index contributed by atoms with van der Waals surface area (Å²) in [5.41, 5.74) is 0.112. The van der Waals surface area contributed by atoms with Crippen molar-refractivity contribution in [2.24, 2.45) is 0 Å². The summed E-state index contributed by atoms with van der Waals surface area (Å²) in [5, 5.41) is 2.83. The zero-order chi connectivity index (χ0) is 15.9. The first-order chi connectivity index (χ1) is 10.6. The second-order valence-electron chi connectivity index (χ2n) is 5.06. The van der Waals surface area contributed by atoms with Crippen LogP contribution in [0.5, 0.6) is 0 Å². The maximum absolute atomic E-state index is 11.9. The predicted molar refractivity (Wildman–Crippen MR) is 83.8 cm³/mol. The summed E-state index contributed by atoms with van der Waals surface area (Å²) in [6.45, 7) is 2.47. The number of carbonyl (C=O) groups excluding carboxylic acids is 1. The minimum atomic E-state index is -0.585. The van der Waals surface area contributed by atoms with E-state index < -0.39 is 11.2 Å². The van der Waals surface area contributed by atoms with Gasteiger partial charge < -0.3 is 5.32 Å². The van der Waals surface area contributed by atoms with E-state index in [0.29, 0.717) is 6.54 Å². The van der Waals surface area contributed by atoms with Crippen molar-refractivity contribution in [1.29, 1.82) is 0 Å². The SMILES string of the molecule is CCC(CNC(=O)Cn1ccc(=O)[nH]c1=O)c1ccccc1. The van der Waals surface area contributed by atoms with Gasteiger partial charge in [-0.3, -0.25) is 19.1 Å². The van der Waals surface area contributed by atoms with Crippen molar-refractivity contribution in [3.63, 3.8) is 0 Å². The number of aromatic amines is 1. The molecule has 6 nitrogen and oxygen atoms in total. The second-order valence-corrected chi connectivity index (χ2v) is 5.06. The Morgan fingerprint density at radius 1 is 1.23 bits per heavy atom. The summed E-state index contributed by atoms with van der Waals surface area (Å²) in [6, 6.07) is 11.2. The number of carbonyl (C=O) groups is 1. The van der Waals surface area contributed by atoms with Crippen molar-refractivity contribution in [3.8, 4) is 0 Å². The van der Waals surface area contributed by atoms with Crippen LogP contribution in [-0.2, 0) is 11.3 Å². The van der Waals surface area contributed by atoms with Crippen LogP contribution in [0.2, 0.25) is 0 Å². The number of aromatic nitrogens is 2. The highest BCUT2D eigenvalue weighted by Gasteiger charge is 2.11. The third kappa shape index (κ3) is 4.18. The highest BCUT2D eigenvalue weighted by molar-refractivity contribution is 5.75. The molecule has 1 heterocycles. The molecule has 0 fully saturated rings. The lowest BCUT2D eigenvalue weighted by Gasteiger charge is -2.16. The number of hydrogen-bond donors (Lipinski definition) is 2. The van der Waals surface area contributed by atoms with Crippen molar-refractivity contribution in [2.75, 3.05) is 6.54 Å². The molecule has 0 saturated carbocycles. The molecule has 116 valence electrons. The van der Waals surface area contributed by atoms with E-state index in [4.69, 9.17) is 0 Å². The summed E-state index contributed by atoms with van der Waals surface area (Å²) in [4.78, 5) is 36.5. The Morgan fingerprint density at radius 3 is 2.59 bits per heavy atom. The van der Waals surface area contributed by atoms with E-state index in [1.807, 2.05) is 30.3 Å². The van der Waals surface area contributed by atoms with Crippen LogP contribution in [0.25, 0.3) is 0 Å². The fraction of sp³-hybridized carbons (Fsp3) is 0.312. The van der Waals surface area contributed by atoms with Crippen molar-refractivity contribution >= 4 is 5.91 Å². The molecule has 0 spiro atoms. The molecule has 2 N–H and O–H groups in total. The van der Waals surface area contributed by atoms with Gasteiger partial charge in [-0.1, -0.05) is 37.3 Å². The average Bonchev–Trinajstić information content (AvgIpc) is 2.52. The molecule has 0 aliphatic heterocycles. The van der Waals surface area contributed by atoms with Gasteiger partial charge in [-0.15, -0.1) is 0 Å². The van der Waals surface area contributed by atoms with Gasteiger partial charge in [0.15, 0.2) is 0 Å². The largest absolute Gasteiger partial charge is 0.354 e. The van der Waals surface area contributed by atoms with Crippen LogP contribution >= 0.6 is 0 Å². The summed E-state index contributed by atoms with van der Waals surface area (Å²) in [6.07, 6.45) is 2.22. The van der Waals surface area contributed by atoms with Crippen LogP contribution in [0.15, 0.2) is 52.2 Å². The molecular weight excluding hydrogens is 282 g/mol. The summed E-state index contributed by atoms with van der Waals surface area (Å²) >= 11 is 0. The molecule has 0 aliphatic carbocycles. The van der Waals surface area contributed by atoms with E-state index in [9.17, 15) is 14.4 Å². The molecule has 6 heteroatoms. The molecular formula is C16H19N3O3. The molecule has 1 atom stereocenters. The van der Waals surface area contributed by atoms with Gasteiger partial charge >= 0.3 is 5.69 Å². The fourth-order valence-corrected chi connectivity index (χ4v) is 2.24. The van der Waals surface area contributed by atoms with Gasteiger partial charge in [0.1, 0.15) is 6.54 Å². The van der Waals surface area contributed by atoms with Crippen LogP contribution < -0.4 is 16.6 Å². The van der Waals surface area contributed by atoms with Crippen LogP contribution in [0, 0.1) is 0 Å². The summed E-state index contributed by atoms with van der Waals surface area (Å²) in [7, 11) is 0. The minimum Gasteiger partial charge on any atom is -0.354 e. The molecule has 0 bridgehead atoms. The lowest BCUT2D eigenvalue weighted by molar-refractivity contribution is -0.121. The molecule has 0 aliphatic rings. The van der Waals surface area contributed by atoms with Crippen LogP contribution in [0.1, 0.15) is 24.8 Å². The van der Waals surface area contributed by atoms with E-state index in [2.05, 4.69) is 17.2 Å². The number of amides is 1. The second kappa shape index (κ2) is 7.40. The Labute approximate surface area is 127 Å². The third-order valence-electron chi connectivity index (χ3n) is 3.52. The van der Waals surface area contributed by atoms with Crippen LogP contribution in [0.3, 0.4) is 0 Å². The summed E-state index contributed by atoms with van der Waals surface area (Å²) < 4.78 is 1.17. The van der Waals surface area contributed by atoms with Crippen molar-refractivity contribution in [3.05, 3.63) is 69.0 Å². The van der Waals surface area contributed by atoms with Gasteiger partial charge in [0.25, 0.3) is 5.56 Å². The maximum Gasteiger partial charge on any atom is 0.328 e. The average molecular weight is 301 g/mol. The topological polar surface area (TPSA) is 84.0 Å². The molecule has 1 unspecified atom stereocenters. The first-order valence-electron chi connectivity index (χ1n) is 7.21. The first kappa shape index (κ1) is 15.8. The van der Waals surface area contributed by atoms with Gasteiger partial charge in [0, 0.05) is 24.7 Å². The molecule has 1 aromatic heterocycles. The Balaban J connectivity index is 1.94. The van der Waals surface area contributed by atoms with Crippen LogP contribution in [0.4, 0.5) is 0 Å². The van der Waals surface area contributed by atoms with Gasteiger partial charge in [-0.05, 0) is 12.0 Å². The number of hydrogen-bond acceptors (Lipinski definition) is 3. The van der Waals surface area contributed by atoms with E-state index >= 15 is 0 Å². The number of nitrogens with one attached hydrogen (secondary N) is 2. The van der Waals surface area contributed by atoms with E-state index in [1.165, 1.54) is 22.4 Å². The Morgan fingerprint density at radius 2 is 1.95 bits per heavy atom. The molecule has 2 rings (SSSR count). The van der Waals surface area contributed by atoms with E-state index in [1.54, 1.807) is 0 Å². The smallest absolute Gasteiger partial charge is 0.328 e. The lowest BCUT2D eigenvalue weighted by atomic mass is 9.96. The van der Waals surface area contributed by atoms with Crippen molar-refractivity contribution in [2.45, 2.75) is 25.8 Å². The van der Waals surface area contributed by atoms with Gasteiger partial charge in [-0.25, -0.2) is 4.79 Å². The van der Waals surface area contributed by atoms with Crippen LogP contribution in [-0.4, -0.2) is 22.0 Å². The zero-order valence-electron chi connectivity index (χ0n) is 12.4. The van der Waals surface area contributed by atoms with Gasteiger partial charge in [0.2, 0.25) is 5.91 Å². The standard InChI is InChI=1S/C16H19N3O3/c1-2-12(13-6-4-3-5-7-13)10-17-15(21)11-19-9-8-14(20)18-16(19)22/h3-9,12H,2,10-11H2,1H3,(H,17,21)(H,18,20,22). The molecule has 2 aromatic rings. The van der Waals surface area contributed by atoms with Gasteiger partial charge in [-0.2, -0.15) is 0 Å². The van der Waals surface area contributed by atoms with E-state index in [0.717, 1.165) is 6.42 Å². The van der Waals surface area contributed by atoms with E-state index in [-0.39, 0.29) is 18.4 Å². The summed E-state index contributed by atoms with van der Waals surface area (Å²) in [5.74, 6) is -0.0269. The molecule has 0 radical (unpaired) electrons. The fourth-order valence-electron chi connectivity index (χ4n) is 2.24. The third-order valence-corrected chi connectivity index (χ3v) is 3.52. The highest BCUT2D eigenvalue weighted by atomic mass is 16.2. The number of benzene rings is 1. The molecule has 0 saturated heterocycles. The van der Waals surface area contributed by atoms with Gasteiger partial charge in [0.05, 0.1) is 0 Å². The molecule has 1 amide bonds.